The van der Waals surface area contributed by atoms with Crippen LogP contribution in [0.4, 0.5) is 8.78 Å². The van der Waals surface area contributed by atoms with Crippen LogP contribution in [0.3, 0.4) is 0 Å². The summed E-state index contributed by atoms with van der Waals surface area (Å²) in [5, 5.41) is 3.16. The molecule has 0 saturated carbocycles. The summed E-state index contributed by atoms with van der Waals surface area (Å²) in [5.74, 6) is -1.66. The van der Waals surface area contributed by atoms with Gasteiger partial charge in [-0.05, 0) is 36.1 Å². The van der Waals surface area contributed by atoms with Gasteiger partial charge in [0.15, 0.2) is 0 Å². The Labute approximate surface area is 131 Å². The van der Waals surface area contributed by atoms with Gasteiger partial charge < -0.3 is 10.3 Å². The highest BCUT2D eigenvalue weighted by atomic mass is 19.1. The zero-order chi connectivity index (χ0) is 16.0. The highest BCUT2D eigenvalue weighted by molar-refractivity contribution is 5.98. The number of carbonyl (C=O) groups is 1. The topological polar surface area (TPSA) is 44.9 Å². The third-order valence-electron chi connectivity index (χ3n) is 4.28. The average molecular weight is 312 g/mol. The second kappa shape index (κ2) is 5.19. The Morgan fingerprint density at radius 1 is 1.09 bits per heavy atom. The van der Waals surface area contributed by atoms with Gasteiger partial charge in [-0.25, -0.2) is 8.78 Å². The molecule has 2 aromatic carbocycles. The predicted molar refractivity (Wildman–Crippen MR) is 83.3 cm³/mol. The van der Waals surface area contributed by atoms with Crippen LogP contribution in [0.25, 0.3) is 10.9 Å². The third-order valence-corrected chi connectivity index (χ3v) is 4.28. The van der Waals surface area contributed by atoms with Gasteiger partial charge in [0, 0.05) is 17.5 Å². The van der Waals surface area contributed by atoms with Crippen LogP contribution in [0, 0.1) is 11.6 Å². The first-order valence-electron chi connectivity index (χ1n) is 7.45. The summed E-state index contributed by atoms with van der Waals surface area (Å²) in [6, 6.07) is 11.5. The monoisotopic (exact) mass is 312 g/mol. The van der Waals surface area contributed by atoms with Crippen LogP contribution in [0.2, 0.25) is 0 Å². The van der Waals surface area contributed by atoms with Crippen LogP contribution in [-0.2, 0) is 12.8 Å². The van der Waals surface area contributed by atoms with Crippen molar-refractivity contribution < 1.29 is 13.6 Å². The van der Waals surface area contributed by atoms with E-state index in [-0.39, 0.29) is 28.5 Å². The van der Waals surface area contributed by atoms with Gasteiger partial charge in [0.2, 0.25) is 0 Å². The lowest BCUT2D eigenvalue weighted by Crippen LogP contribution is -2.35. The van der Waals surface area contributed by atoms with Crippen LogP contribution >= 0.6 is 0 Å². The number of benzene rings is 2. The molecule has 1 aliphatic rings. The SMILES string of the molecule is O=C(NC1Cc2ccccc2C1)c1cc2c(F)cc(F)cc2[nH]1. The molecule has 1 heterocycles. The summed E-state index contributed by atoms with van der Waals surface area (Å²) in [4.78, 5) is 15.1. The second-order valence-electron chi connectivity index (χ2n) is 5.88. The van der Waals surface area contributed by atoms with E-state index in [2.05, 4.69) is 22.4 Å². The van der Waals surface area contributed by atoms with E-state index in [1.165, 1.54) is 23.3 Å². The van der Waals surface area contributed by atoms with Crippen molar-refractivity contribution in [1.29, 1.82) is 0 Å². The van der Waals surface area contributed by atoms with Gasteiger partial charge in [0.05, 0.1) is 5.52 Å². The number of amides is 1. The van der Waals surface area contributed by atoms with Crippen LogP contribution in [0.5, 0.6) is 0 Å². The number of H-pyrrole nitrogens is 1. The molecule has 0 unspecified atom stereocenters. The number of rotatable bonds is 2. The summed E-state index contributed by atoms with van der Waals surface area (Å²) in [6.07, 6.45) is 1.57. The van der Waals surface area contributed by atoms with Gasteiger partial charge >= 0.3 is 0 Å². The van der Waals surface area contributed by atoms with E-state index in [1.54, 1.807) is 0 Å². The largest absolute Gasteiger partial charge is 0.350 e. The molecule has 1 aliphatic carbocycles. The normalized spacial score (nSPS) is 14.2. The van der Waals surface area contributed by atoms with E-state index in [0.29, 0.717) is 0 Å². The molecule has 0 radical (unpaired) electrons. The first-order chi connectivity index (χ1) is 11.1. The summed E-state index contributed by atoms with van der Waals surface area (Å²) in [7, 11) is 0. The van der Waals surface area contributed by atoms with Crippen molar-refractivity contribution in [2.24, 2.45) is 0 Å². The zero-order valence-corrected chi connectivity index (χ0v) is 12.2. The van der Waals surface area contributed by atoms with Crippen LogP contribution in [0.1, 0.15) is 21.6 Å². The minimum atomic E-state index is -0.677. The molecule has 3 nitrogen and oxygen atoms in total. The lowest BCUT2D eigenvalue weighted by Gasteiger charge is -2.10. The number of nitrogens with one attached hydrogen (secondary N) is 2. The molecule has 2 N–H and O–H groups in total. The van der Waals surface area contributed by atoms with Gasteiger partial charge in [-0.15, -0.1) is 0 Å². The number of hydrogen-bond donors (Lipinski definition) is 2. The Hall–Kier alpha value is -2.69. The molecule has 3 aromatic rings. The lowest BCUT2D eigenvalue weighted by atomic mass is 10.1. The predicted octanol–water partition coefficient (Wildman–Crippen LogP) is 3.34. The van der Waals surface area contributed by atoms with Crippen molar-refractivity contribution >= 4 is 16.8 Å². The Kier molecular flexibility index (Phi) is 3.15. The molecule has 0 atom stereocenters. The first-order valence-corrected chi connectivity index (χ1v) is 7.45. The maximum absolute atomic E-state index is 13.7. The maximum Gasteiger partial charge on any atom is 0.267 e. The van der Waals surface area contributed by atoms with E-state index < -0.39 is 11.6 Å². The Morgan fingerprint density at radius 2 is 1.78 bits per heavy atom. The fraction of sp³-hybridized carbons (Fsp3) is 0.167. The number of carbonyl (C=O) groups excluding carboxylic acids is 1. The van der Waals surface area contributed by atoms with Crippen molar-refractivity contribution in [3.63, 3.8) is 0 Å². The van der Waals surface area contributed by atoms with Crippen molar-refractivity contribution in [3.05, 3.63) is 70.9 Å². The number of aromatic amines is 1. The number of aromatic nitrogens is 1. The smallest absolute Gasteiger partial charge is 0.267 e. The molecule has 1 amide bonds. The molecule has 4 rings (SSSR count). The fourth-order valence-electron chi connectivity index (χ4n) is 3.21. The molecule has 1 aromatic heterocycles. The average Bonchev–Trinajstić information content (AvgIpc) is 3.10. The van der Waals surface area contributed by atoms with Crippen molar-refractivity contribution in [1.82, 2.24) is 10.3 Å². The van der Waals surface area contributed by atoms with Crippen molar-refractivity contribution in [3.8, 4) is 0 Å². The third kappa shape index (κ3) is 2.48. The minimum absolute atomic E-state index is 0.0212. The summed E-state index contributed by atoms with van der Waals surface area (Å²) in [5.41, 5.74) is 2.99. The fourth-order valence-corrected chi connectivity index (χ4v) is 3.21. The highest BCUT2D eigenvalue weighted by Crippen LogP contribution is 2.23. The molecule has 0 spiro atoms. The number of hydrogen-bond acceptors (Lipinski definition) is 1. The van der Waals surface area contributed by atoms with Gasteiger partial charge in [0.1, 0.15) is 17.3 Å². The maximum atomic E-state index is 13.7. The molecule has 0 fully saturated rings. The molecule has 116 valence electrons. The standard InChI is InChI=1S/C18H14F2N2O/c19-12-7-15(20)14-9-17(22-16(14)8-12)18(23)21-13-5-10-3-1-2-4-11(10)6-13/h1-4,7-9,13,22H,5-6H2,(H,21,23). The molecule has 0 aliphatic heterocycles. The Balaban J connectivity index is 1.55. The number of fused-ring (bicyclic) bond motifs is 2. The molecular weight excluding hydrogens is 298 g/mol. The van der Waals surface area contributed by atoms with Gasteiger partial charge in [-0.1, -0.05) is 24.3 Å². The lowest BCUT2D eigenvalue weighted by molar-refractivity contribution is 0.0934. The van der Waals surface area contributed by atoms with Gasteiger partial charge in [-0.2, -0.15) is 0 Å². The van der Waals surface area contributed by atoms with Gasteiger partial charge in [-0.3, -0.25) is 4.79 Å². The van der Waals surface area contributed by atoms with Crippen molar-refractivity contribution in [2.45, 2.75) is 18.9 Å². The molecular formula is C18H14F2N2O. The van der Waals surface area contributed by atoms with E-state index in [4.69, 9.17) is 0 Å². The first kappa shape index (κ1) is 13.9. The van der Waals surface area contributed by atoms with E-state index in [1.807, 2.05) is 12.1 Å². The second-order valence-corrected chi connectivity index (χ2v) is 5.88. The molecule has 5 heteroatoms. The van der Waals surface area contributed by atoms with Crippen LogP contribution in [-0.4, -0.2) is 16.9 Å². The highest BCUT2D eigenvalue weighted by Gasteiger charge is 2.23. The molecule has 0 bridgehead atoms. The summed E-state index contributed by atoms with van der Waals surface area (Å²) >= 11 is 0. The van der Waals surface area contributed by atoms with Gasteiger partial charge in [0.25, 0.3) is 5.91 Å². The minimum Gasteiger partial charge on any atom is -0.350 e. The Morgan fingerprint density at radius 3 is 2.48 bits per heavy atom. The Bertz CT molecular complexity index is 892. The molecule has 23 heavy (non-hydrogen) atoms. The van der Waals surface area contributed by atoms with Crippen molar-refractivity contribution in [2.75, 3.05) is 0 Å². The van der Waals surface area contributed by atoms with E-state index >= 15 is 0 Å². The summed E-state index contributed by atoms with van der Waals surface area (Å²) in [6.45, 7) is 0. The quantitative estimate of drug-likeness (QED) is 0.749. The molecule has 0 saturated heterocycles. The van der Waals surface area contributed by atoms with Crippen LogP contribution < -0.4 is 5.32 Å². The summed E-state index contributed by atoms with van der Waals surface area (Å²) < 4.78 is 26.9. The van der Waals surface area contributed by atoms with E-state index in [0.717, 1.165) is 18.9 Å². The van der Waals surface area contributed by atoms with E-state index in [9.17, 15) is 13.6 Å². The van der Waals surface area contributed by atoms with Crippen LogP contribution in [0.15, 0.2) is 42.5 Å². The zero-order valence-electron chi connectivity index (χ0n) is 12.2. The number of halogens is 2.